The van der Waals surface area contributed by atoms with Crippen LogP contribution >= 0.6 is 12.2 Å². The Kier molecular flexibility index (Phi) is 2.88. The number of aliphatic imine (C=N–C) groups is 1. The van der Waals surface area contributed by atoms with E-state index in [4.69, 9.17) is 4.74 Å². The van der Waals surface area contributed by atoms with Crippen LogP contribution in [-0.4, -0.2) is 23.8 Å². The molecular weight excluding hydrogens is 162 g/mol. The monoisotopic (exact) mass is 171 g/mol. The largest absolute Gasteiger partial charge is 0.378 e. The highest BCUT2D eigenvalue weighted by Crippen LogP contribution is 2.21. The van der Waals surface area contributed by atoms with Crippen LogP contribution < -0.4 is 0 Å². The zero-order valence-electron chi connectivity index (χ0n) is 6.24. The molecule has 1 aliphatic rings. The molecule has 1 heterocycles. The molecule has 0 spiro atoms. The van der Waals surface area contributed by atoms with Gasteiger partial charge in [-0.3, -0.25) is 4.79 Å². The standard InChI is InChI=1S/C7H9NO2S/c1-5-6(2-3-10-5)7(9)8-4-11/h5-6H,2-3H2,1H3. The van der Waals surface area contributed by atoms with Crippen molar-refractivity contribution in [2.24, 2.45) is 10.9 Å². The van der Waals surface area contributed by atoms with E-state index in [-0.39, 0.29) is 17.9 Å². The first-order valence-corrected chi connectivity index (χ1v) is 3.90. The maximum atomic E-state index is 11.1. The lowest BCUT2D eigenvalue weighted by molar-refractivity contribution is -0.122. The summed E-state index contributed by atoms with van der Waals surface area (Å²) in [7, 11) is 0. The van der Waals surface area contributed by atoms with Crippen molar-refractivity contribution in [2.75, 3.05) is 6.61 Å². The summed E-state index contributed by atoms with van der Waals surface area (Å²) < 4.78 is 5.19. The van der Waals surface area contributed by atoms with Crippen LogP contribution in [0.2, 0.25) is 0 Å². The highest BCUT2D eigenvalue weighted by atomic mass is 32.1. The zero-order chi connectivity index (χ0) is 8.27. The number of amides is 1. The van der Waals surface area contributed by atoms with Crippen LogP contribution in [0.4, 0.5) is 0 Å². The molecule has 0 saturated carbocycles. The Hall–Kier alpha value is -0.570. The lowest BCUT2D eigenvalue weighted by Crippen LogP contribution is -2.19. The van der Waals surface area contributed by atoms with E-state index in [0.29, 0.717) is 6.61 Å². The van der Waals surface area contributed by atoms with Crippen LogP contribution in [0.3, 0.4) is 0 Å². The second-order valence-corrected chi connectivity index (χ2v) is 2.69. The van der Waals surface area contributed by atoms with Gasteiger partial charge in [0.05, 0.1) is 17.2 Å². The Morgan fingerprint density at radius 2 is 2.55 bits per heavy atom. The quantitative estimate of drug-likeness (QED) is 0.437. The number of hydrogen-bond acceptors (Lipinski definition) is 3. The topological polar surface area (TPSA) is 38.7 Å². The number of thiocarbonyl (C=S) groups is 1. The second-order valence-electron chi connectivity index (χ2n) is 2.51. The third-order valence-electron chi connectivity index (χ3n) is 1.85. The minimum absolute atomic E-state index is 0.0189. The first kappa shape index (κ1) is 8.53. The predicted molar refractivity (Wildman–Crippen MR) is 43.6 cm³/mol. The van der Waals surface area contributed by atoms with Crippen LogP contribution in [-0.2, 0) is 9.53 Å². The Morgan fingerprint density at radius 1 is 1.82 bits per heavy atom. The number of carbonyl (C=O) groups excluding carboxylic acids is 1. The molecule has 3 nitrogen and oxygen atoms in total. The SMILES string of the molecule is CC1OCCC1C(=O)N=C=S. The molecule has 1 amide bonds. The average molecular weight is 171 g/mol. The Bertz CT molecular complexity index is 210. The molecule has 0 bridgehead atoms. The summed E-state index contributed by atoms with van der Waals surface area (Å²) in [6.45, 7) is 2.51. The van der Waals surface area contributed by atoms with Gasteiger partial charge in [-0.1, -0.05) is 0 Å². The molecule has 1 fully saturated rings. The molecule has 0 aromatic rings. The van der Waals surface area contributed by atoms with Gasteiger partial charge in [-0.05, 0) is 25.6 Å². The van der Waals surface area contributed by atoms with Crippen LogP contribution in [0.15, 0.2) is 4.99 Å². The second kappa shape index (κ2) is 3.72. The molecule has 0 N–H and O–H groups in total. The first-order chi connectivity index (χ1) is 5.25. The lowest BCUT2D eigenvalue weighted by Gasteiger charge is -2.07. The summed E-state index contributed by atoms with van der Waals surface area (Å²) in [5.74, 6) is -0.310. The van der Waals surface area contributed by atoms with Crippen LogP contribution in [0, 0.1) is 5.92 Å². The highest BCUT2D eigenvalue weighted by molar-refractivity contribution is 7.78. The van der Waals surface area contributed by atoms with E-state index in [1.54, 1.807) is 0 Å². The number of ether oxygens (including phenoxy) is 1. The lowest BCUT2D eigenvalue weighted by atomic mass is 10.0. The van der Waals surface area contributed by atoms with E-state index in [1.165, 1.54) is 0 Å². The Labute approximate surface area is 70.5 Å². The molecule has 0 radical (unpaired) electrons. The molecule has 1 rings (SSSR count). The minimum Gasteiger partial charge on any atom is -0.378 e. The van der Waals surface area contributed by atoms with Gasteiger partial charge in [0.25, 0.3) is 5.91 Å². The number of rotatable bonds is 1. The molecule has 11 heavy (non-hydrogen) atoms. The maximum absolute atomic E-state index is 11.1. The number of carbonyl (C=O) groups is 1. The fourth-order valence-electron chi connectivity index (χ4n) is 1.18. The van der Waals surface area contributed by atoms with E-state index in [2.05, 4.69) is 22.4 Å². The number of nitrogens with zero attached hydrogens (tertiary/aromatic N) is 1. The van der Waals surface area contributed by atoms with Gasteiger partial charge in [-0.2, -0.15) is 4.99 Å². The van der Waals surface area contributed by atoms with E-state index in [0.717, 1.165) is 6.42 Å². The van der Waals surface area contributed by atoms with Crippen LogP contribution in [0.5, 0.6) is 0 Å². The average Bonchev–Trinajstić information content (AvgIpc) is 2.36. The van der Waals surface area contributed by atoms with Crippen LogP contribution in [0.1, 0.15) is 13.3 Å². The van der Waals surface area contributed by atoms with Gasteiger partial charge < -0.3 is 4.74 Å². The normalized spacial score (nSPS) is 29.5. The third-order valence-corrected chi connectivity index (χ3v) is 1.94. The summed E-state index contributed by atoms with van der Waals surface area (Å²) in [5, 5.41) is 2.07. The molecule has 1 aliphatic heterocycles. The molecule has 60 valence electrons. The van der Waals surface area contributed by atoms with Gasteiger partial charge in [0, 0.05) is 6.61 Å². The first-order valence-electron chi connectivity index (χ1n) is 3.49. The van der Waals surface area contributed by atoms with Crippen molar-refractivity contribution in [1.29, 1.82) is 0 Å². The molecule has 4 heteroatoms. The molecule has 1 saturated heterocycles. The summed E-state index contributed by atoms with van der Waals surface area (Å²) in [6, 6.07) is 0. The third kappa shape index (κ3) is 1.93. The fraction of sp³-hybridized carbons (Fsp3) is 0.714. The molecule has 2 unspecified atom stereocenters. The molecule has 0 aromatic heterocycles. The van der Waals surface area contributed by atoms with Gasteiger partial charge in [0.1, 0.15) is 0 Å². The molecule has 2 atom stereocenters. The van der Waals surface area contributed by atoms with E-state index in [1.807, 2.05) is 6.92 Å². The summed E-state index contributed by atoms with van der Waals surface area (Å²) in [6.07, 6.45) is 0.732. The van der Waals surface area contributed by atoms with E-state index < -0.39 is 0 Å². The summed E-state index contributed by atoms with van der Waals surface area (Å²) in [4.78, 5) is 14.5. The van der Waals surface area contributed by atoms with Gasteiger partial charge >= 0.3 is 0 Å². The maximum Gasteiger partial charge on any atom is 0.260 e. The Morgan fingerprint density at radius 3 is 3.00 bits per heavy atom. The van der Waals surface area contributed by atoms with Crippen molar-refractivity contribution in [3.63, 3.8) is 0 Å². The smallest absolute Gasteiger partial charge is 0.260 e. The van der Waals surface area contributed by atoms with E-state index >= 15 is 0 Å². The van der Waals surface area contributed by atoms with Crippen molar-refractivity contribution < 1.29 is 9.53 Å². The van der Waals surface area contributed by atoms with Crippen LogP contribution in [0.25, 0.3) is 0 Å². The summed E-state index contributed by atoms with van der Waals surface area (Å²) >= 11 is 4.32. The molecular formula is C7H9NO2S. The fourth-order valence-corrected chi connectivity index (χ4v) is 1.27. The predicted octanol–water partition coefficient (Wildman–Crippen LogP) is 1.04. The highest BCUT2D eigenvalue weighted by Gasteiger charge is 2.30. The van der Waals surface area contributed by atoms with Gasteiger partial charge in [-0.25, -0.2) is 0 Å². The van der Waals surface area contributed by atoms with Crippen molar-refractivity contribution in [2.45, 2.75) is 19.4 Å². The van der Waals surface area contributed by atoms with Crippen molar-refractivity contribution in [3.05, 3.63) is 0 Å². The van der Waals surface area contributed by atoms with Gasteiger partial charge in [0.15, 0.2) is 0 Å². The number of hydrogen-bond donors (Lipinski definition) is 0. The Balaban J connectivity index is 2.59. The van der Waals surface area contributed by atoms with Gasteiger partial charge in [-0.15, -0.1) is 0 Å². The van der Waals surface area contributed by atoms with Crippen molar-refractivity contribution >= 4 is 23.3 Å². The van der Waals surface area contributed by atoms with Crippen molar-refractivity contribution in [3.8, 4) is 0 Å². The van der Waals surface area contributed by atoms with E-state index in [9.17, 15) is 4.79 Å². The number of isothiocyanates is 1. The molecule has 0 aliphatic carbocycles. The molecule has 0 aromatic carbocycles. The van der Waals surface area contributed by atoms with Crippen molar-refractivity contribution in [1.82, 2.24) is 0 Å². The van der Waals surface area contributed by atoms with Gasteiger partial charge in [0.2, 0.25) is 0 Å². The minimum atomic E-state index is -0.204. The summed E-state index contributed by atoms with van der Waals surface area (Å²) in [5.41, 5.74) is 0. The zero-order valence-corrected chi connectivity index (χ0v) is 7.06.